The molecule has 3 N–H and O–H groups in total. The smallest absolute Gasteiger partial charge is 0.274 e. The number of nitrogens with zero attached hydrogens (tertiary/aromatic N) is 2. The van der Waals surface area contributed by atoms with E-state index in [-0.39, 0.29) is 12.2 Å². The second kappa shape index (κ2) is 9.77. The molecule has 0 bridgehead atoms. The molecule has 1 aliphatic heterocycles. The standard InChI is InChI=1S/C26H31N5O3/c1-33-20-13-12-18(14-21(20)34-2)15-22-28-24-23(31(22)16-17-8-4-3-5-9-17)25(32)30-26(29-24)27-19-10-6-7-11-19/h3-5,8-9,12-14,19,26-27,29H,6-7,10-11,15-16H2,1-2H3,(H,30,32). The summed E-state index contributed by atoms with van der Waals surface area (Å²) in [4.78, 5) is 18.1. The minimum Gasteiger partial charge on any atom is -0.493 e. The minimum atomic E-state index is -0.322. The maximum absolute atomic E-state index is 13.2. The molecule has 1 aromatic heterocycles. The number of amides is 1. The van der Waals surface area contributed by atoms with E-state index in [2.05, 4.69) is 28.1 Å². The number of nitrogens with one attached hydrogen (secondary N) is 3. The molecule has 1 fully saturated rings. The molecule has 0 spiro atoms. The fourth-order valence-electron chi connectivity index (χ4n) is 4.86. The van der Waals surface area contributed by atoms with Crippen LogP contribution < -0.4 is 25.4 Å². The molecule has 34 heavy (non-hydrogen) atoms. The van der Waals surface area contributed by atoms with Gasteiger partial charge in [-0.2, -0.15) is 0 Å². The van der Waals surface area contributed by atoms with Crippen LogP contribution in [0.4, 0.5) is 5.82 Å². The number of hydrogen-bond donors (Lipinski definition) is 3. The van der Waals surface area contributed by atoms with Gasteiger partial charge in [0.05, 0.1) is 14.2 Å². The van der Waals surface area contributed by atoms with E-state index in [1.54, 1.807) is 14.2 Å². The van der Waals surface area contributed by atoms with Gasteiger partial charge in [-0.3, -0.25) is 10.1 Å². The maximum Gasteiger partial charge on any atom is 0.274 e. The van der Waals surface area contributed by atoms with Gasteiger partial charge in [-0.15, -0.1) is 0 Å². The molecule has 3 aromatic rings. The lowest BCUT2D eigenvalue weighted by molar-refractivity contribution is 0.0916. The lowest BCUT2D eigenvalue weighted by Gasteiger charge is -2.29. The first-order valence-corrected chi connectivity index (χ1v) is 11.8. The van der Waals surface area contributed by atoms with Crippen LogP contribution in [0.15, 0.2) is 48.5 Å². The summed E-state index contributed by atoms with van der Waals surface area (Å²) < 4.78 is 12.9. The van der Waals surface area contributed by atoms with Crippen molar-refractivity contribution in [2.75, 3.05) is 19.5 Å². The molecule has 1 atom stereocenters. The van der Waals surface area contributed by atoms with Crippen LogP contribution in [0.3, 0.4) is 0 Å². The highest BCUT2D eigenvalue weighted by Gasteiger charge is 2.32. The van der Waals surface area contributed by atoms with Crippen molar-refractivity contribution >= 4 is 11.7 Å². The van der Waals surface area contributed by atoms with Gasteiger partial charge < -0.3 is 24.7 Å². The number of anilines is 1. The van der Waals surface area contributed by atoms with Gasteiger partial charge in [0, 0.05) is 19.0 Å². The lowest BCUT2D eigenvalue weighted by Crippen LogP contribution is -2.56. The van der Waals surface area contributed by atoms with Crippen LogP contribution in [0.5, 0.6) is 11.5 Å². The number of hydrogen-bond acceptors (Lipinski definition) is 6. The molecule has 0 saturated heterocycles. The Bertz CT molecular complexity index is 1150. The van der Waals surface area contributed by atoms with E-state index in [0.717, 1.165) is 29.8 Å². The van der Waals surface area contributed by atoms with Crippen LogP contribution in [0.25, 0.3) is 0 Å². The Balaban J connectivity index is 1.47. The summed E-state index contributed by atoms with van der Waals surface area (Å²) >= 11 is 0. The van der Waals surface area contributed by atoms with Crippen molar-refractivity contribution in [2.24, 2.45) is 0 Å². The first-order valence-electron chi connectivity index (χ1n) is 11.8. The number of carbonyl (C=O) groups is 1. The number of methoxy groups -OCH3 is 2. The molecular weight excluding hydrogens is 430 g/mol. The zero-order chi connectivity index (χ0) is 23.5. The van der Waals surface area contributed by atoms with Crippen LogP contribution in [0.1, 0.15) is 53.1 Å². The molecule has 2 aromatic carbocycles. The van der Waals surface area contributed by atoms with E-state index in [9.17, 15) is 4.79 Å². The Morgan fingerprint density at radius 3 is 2.50 bits per heavy atom. The van der Waals surface area contributed by atoms with Gasteiger partial charge in [-0.05, 0) is 36.1 Å². The van der Waals surface area contributed by atoms with Crippen LogP contribution in [0.2, 0.25) is 0 Å². The van der Waals surface area contributed by atoms with Crippen molar-refractivity contribution in [3.8, 4) is 11.5 Å². The van der Waals surface area contributed by atoms with Gasteiger partial charge in [-0.25, -0.2) is 4.98 Å². The monoisotopic (exact) mass is 461 g/mol. The summed E-state index contributed by atoms with van der Waals surface area (Å²) in [7, 11) is 3.25. The summed E-state index contributed by atoms with van der Waals surface area (Å²) in [5, 5.41) is 10.0. The van der Waals surface area contributed by atoms with Crippen molar-refractivity contribution < 1.29 is 14.3 Å². The first kappa shape index (κ1) is 22.3. The van der Waals surface area contributed by atoms with Crippen LogP contribution in [-0.4, -0.2) is 42.0 Å². The molecule has 2 aliphatic rings. The van der Waals surface area contributed by atoms with E-state index >= 15 is 0 Å². The van der Waals surface area contributed by atoms with Gasteiger partial charge in [0.25, 0.3) is 5.91 Å². The first-order chi connectivity index (χ1) is 16.6. The highest BCUT2D eigenvalue weighted by molar-refractivity contribution is 5.99. The molecule has 0 radical (unpaired) electrons. The zero-order valence-corrected chi connectivity index (χ0v) is 19.6. The molecule has 1 aliphatic carbocycles. The zero-order valence-electron chi connectivity index (χ0n) is 19.6. The molecule has 2 heterocycles. The van der Waals surface area contributed by atoms with Crippen LogP contribution in [-0.2, 0) is 13.0 Å². The molecular formula is C26H31N5O3. The highest BCUT2D eigenvalue weighted by Crippen LogP contribution is 2.30. The molecule has 1 unspecified atom stereocenters. The predicted molar refractivity (Wildman–Crippen MR) is 130 cm³/mol. The van der Waals surface area contributed by atoms with Crippen LogP contribution >= 0.6 is 0 Å². The Labute approximate surface area is 199 Å². The average molecular weight is 462 g/mol. The number of fused-ring (bicyclic) bond motifs is 1. The summed E-state index contributed by atoms with van der Waals surface area (Å²) in [6, 6.07) is 16.4. The minimum absolute atomic E-state index is 0.119. The number of rotatable bonds is 8. The summed E-state index contributed by atoms with van der Waals surface area (Å²) in [6.45, 7) is 0.557. The van der Waals surface area contributed by atoms with Gasteiger partial charge in [0.2, 0.25) is 0 Å². The van der Waals surface area contributed by atoms with E-state index in [1.807, 2.05) is 41.0 Å². The Morgan fingerprint density at radius 1 is 1.00 bits per heavy atom. The topological polar surface area (TPSA) is 89.4 Å². The van der Waals surface area contributed by atoms with Crippen molar-refractivity contribution in [2.45, 2.75) is 51.0 Å². The SMILES string of the molecule is COc1ccc(Cc2nc3c(n2Cc2ccccc2)C(=O)NC(NC2CCCC2)N3)cc1OC. The van der Waals surface area contributed by atoms with E-state index in [1.165, 1.54) is 12.8 Å². The Kier molecular flexibility index (Phi) is 6.40. The third kappa shape index (κ3) is 4.59. The third-order valence-corrected chi connectivity index (χ3v) is 6.57. The second-order valence-electron chi connectivity index (χ2n) is 8.86. The molecule has 1 saturated carbocycles. The fourth-order valence-corrected chi connectivity index (χ4v) is 4.86. The number of imidazole rings is 1. The molecule has 5 rings (SSSR count). The molecule has 8 heteroatoms. The summed E-state index contributed by atoms with van der Waals surface area (Å²) in [5.74, 6) is 2.66. The summed E-state index contributed by atoms with van der Waals surface area (Å²) in [5.41, 5.74) is 2.69. The van der Waals surface area contributed by atoms with Gasteiger partial charge in [0.15, 0.2) is 29.3 Å². The largest absolute Gasteiger partial charge is 0.493 e. The van der Waals surface area contributed by atoms with Crippen LogP contribution in [0, 0.1) is 0 Å². The quantitative estimate of drug-likeness (QED) is 0.476. The third-order valence-electron chi connectivity index (χ3n) is 6.57. The van der Waals surface area contributed by atoms with Crippen molar-refractivity contribution in [3.63, 3.8) is 0 Å². The molecule has 178 valence electrons. The Morgan fingerprint density at radius 2 is 1.76 bits per heavy atom. The highest BCUT2D eigenvalue weighted by atomic mass is 16.5. The average Bonchev–Trinajstić information content (AvgIpc) is 3.48. The van der Waals surface area contributed by atoms with E-state index in [4.69, 9.17) is 14.5 Å². The maximum atomic E-state index is 13.2. The van der Waals surface area contributed by atoms with Gasteiger partial charge in [0.1, 0.15) is 5.82 Å². The number of benzene rings is 2. The van der Waals surface area contributed by atoms with Crippen molar-refractivity contribution in [3.05, 3.63) is 71.2 Å². The second-order valence-corrected chi connectivity index (χ2v) is 8.86. The van der Waals surface area contributed by atoms with Gasteiger partial charge >= 0.3 is 0 Å². The number of ether oxygens (including phenoxy) is 2. The van der Waals surface area contributed by atoms with Crippen molar-refractivity contribution in [1.82, 2.24) is 20.2 Å². The molecule has 1 amide bonds. The number of aromatic nitrogens is 2. The lowest BCUT2D eigenvalue weighted by atomic mass is 10.1. The fraction of sp³-hybridized carbons (Fsp3) is 0.385. The van der Waals surface area contributed by atoms with Crippen molar-refractivity contribution in [1.29, 1.82) is 0 Å². The summed E-state index contributed by atoms with van der Waals surface area (Å²) in [6.07, 6.45) is 4.95. The van der Waals surface area contributed by atoms with E-state index < -0.39 is 0 Å². The van der Waals surface area contributed by atoms with E-state index in [0.29, 0.717) is 42.0 Å². The molecule has 8 nitrogen and oxygen atoms in total. The number of carbonyl (C=O) groups excluding carboxylic acids is 1. The normalized spacial score (nSPS) is 17.7. The predicted octanol–water partition coefficient (Wildman–Crippen LogP) is 3.51. The van der Waals surface area contributed by atoms with Gasteiger partial charge in [-0.1, -0.05) is 49.2 Å². The Hall–Kier alpha value is -3.52.